The van der Waals surface area contributed by atoms with E-state index in [1.54, 1.807) is 0 Å². The Labute approximate surface area is 81.4 Å². The van der Waals surface area contributed by atoms with Crippen LogP contribution in [-0.2, 0) is 0 Å². The Morgan fingerprint density at radius 2 is 1.43 bits per heavy atom. The Hall–Kier alpha value is 1.09. The molecule has 0 saturated carbocycles. The number of carboxylic acid groups (broad SMARTS) is 2. The third-order valence-corrected chi connectivity index (χ3v) is 0. The molecule has 0 heterocycles. The molecule has 0 bridgehead atoms. The minimum absolute atomic E-state index is 0. The van der Waals surface area contributed by atoms with Gasteiger partial charge < -0.3 is 11.6 Å². The zero-order chi connectivity index (χ0) is 3.58. The van der Waals surface area contributed by atoms with E-state index < -0.39 is 6.16 Å². The van der Waals surface area contributed by atoms with Crippen LogP contribution >= 0.6 is 12.4 Å². The molecule has 0 aromatic rings. The van der Waals surface area contributed by atoms with E-state index in [1.807, 2.05) is 0 Å². The summed E-state index contributed by atoms with van der Waals surface area (Å²) < 4.78 is 0. The zero-order valence-corrected chi connectivity index (χ0v) is 6.03. The summed E-state index contributed by atoms with van der Waals surface area (Å²) in [7, 11) is 0. The van der Waals surface area contributed by atoms with Crippen molar-refractivity contribution in [3.05, 3.63) is 0 Å². The molecular weight excluding hydrogens is 145 g/mol. The number of carbonyl (C=O) groups is 1. The third kappa shape index (κ3) is 154. The first-order valence-corrected chi connectivity index (χ1v) is 0.651. The summed E-state index contributed by atoms with van der Waals surface area (Å²) in [5.41, 5.74) is 0. The monoisotopic (exact) mass is 152 g/mol. The Morgan fingerprint density at radius 1 is 1.43 bits per heavy atom. The molecule has 6 heteroatoms. The largest absolute Gasteiger partial charge is 1.00 e. The quantitative estimate of drug-likeness (QED) is 0.356. The Bertz CT molecular complexity index is 42.3. The van der Waals surface area contributed by atoms with Crippen LogP contribution in [0.1, 0.15) is 1.43 Å². The fraction of sp³-hybridized carbons (Fsp3) is 0. The standard InChI is InChI=1S/CH2O3.Al.ClH.Na.4H/c2-1(3)4;;;;;;;/h(H2,2,3,4);;1H;;;;;/q;;;+1;;;;-1. The Morgan fingerprint density at radius 3 is 1.43 bits per heavy atom. The number of hydrogen-bond acceptors (Lipinski definition) is 1. The molecular formula is CH7AlClNaO3. The molecule has 0 unspecified atom stereocenters. The molecule has 0 saturated heterocycles. The molecule has 0 aliphatic rings. The maximum atomic E-state index is 8.56. The average molecular weight is 152 g/mol. The number of hydrogen-bond donors (Lipinski definition) is 2. The summed E-state index contributed by atoms with van der Waals surface area (Å²) in [4.78, 5) is 8.56. The van der Waals surface area contributed by atoms with Crippen LogP contribution in [0.5, 0.6) is 0 Å². The van der Waals surface area contributed by atoms with Crippen molar-refractivity contribution in [3.63, 3.8) is 0 Å². The summed E-state index contributed by atoms with van der Waals surface area (Å²) in [6, 6.07) is 0. The van der Waals surface area contributed by atoms with E-state index in [0.29, 0.717) is 0 Å². The second-order valence-corrected chi connectivity index (χ2v) is 0.283. The van der Waals surface area contributed by atoms with E-state index in [0.717, 1.165) is 0 Å². The Kier molecular flexibility index (Phi) is 54.6. The summed E-state index contributed by atoms with van der Waals surface area (Å²) in [5, 5.41) is 13.9. The summed E-state index contributed by atoms with van der Waals surface area (Å²) >= 11 is 0. The van der Waals surface area contributed by atoms with Crippen LogP contribution in [0, 0.1) is 0 Å². The number of halogens is 1. The minimum atomic E-state index is -1.83. The summed E-state index contributed by atoms with van der Waals surface area (Å²) in [6.07, 6.45) is -1.83. The van der Waals surface area contributed by atoms with E-state index in [1.165, 1.54) is 0 Å². The van der Waals surface area contributed by atoms with E-state index in [9.17, 15) is 0 Å². The molecule has 0 atom stereocenters. The van der Waals surface area contributed by atoms with Gasteiger partial charge in [-0.25, -0.2) is 4.79 Å². The van der Waals surface area contributed by atoms with Gasteiger partial charge in [-0.2, -0.15) is 0 Å². The summed E-state index contributed by atoms with van der Waals surface area (Å²) in [5.74, 6) is 0. The molecule has 2 N–H and O–H groups in total. The van der Waals surface area contributed by atoms with Gasteiger partial charge in [-0.15, -0.1) is 12.4 Å². The van der Waals surface area contributed by atoms with Crippen molar-refractivity contribution in [1.29, 1.82) is 0 Å². The molecule has 7 heavy (non-hydrogen) atoms. The maximum absolute atomic E-state index is 8.56. The SMILES string of the molecule is Cl.O=C(O)O.[AlH3].[H-].[Na+]. The Balaban J connectivity index is -0.00000000750. The zero-order valence-electron chi connectivity index (χ0n) is 4.21. The minimum Gasteiger partial charge on any atom is -1.00 e. The molecule has 0 aliphatic heterocycles. The van der Waals surface area contributed by atoms with Crippen molar-refractivity contribution in [2.24, 2.45) is 0 Å². The van der Waals surface area contributed by atoms with Crippen LogP contribution in [0.15, 0.2) is 0 Å². The van der Waals surface area contributed by atoms with Crippen LogP contribution in [0.2, 0.25) is 0 Å². The van der Waals surface area contributed by atoms with Gasteiger partial charge in [0.15, 0.2) is 17.4 Å². The van der Waals surface area contributed by atoms with Gasteiger partial charge in [0, 0.05) is 0 Å². The molecule has 0 aliphatic carbocycles. The van der Waals surface area contributed by atoms with Gasteiger partial charge in [-0.3, -0.25) is 0 Å². The van der Waals surface area contributed by atoms with E-state index in [-0.39, 0.29) is 60.8 Å². The predicted molar refractivity (Wildman–Crippen MR) is 29.0 cm³/mol. The van der Waals surface area contributed by atoms with Crippen molar-refractivity contribution in [1.82, 2.24) is 0 Å². The van der Waals surface area contributed by atoms with Crippen molar-refractivity contribution in [2.75, 3.05) is 0 Å². The molecule has 0 radical (unpaired) electrons. The van der Waals surface area contributed by atoms with E-state index in [2.05, 4.69) is 0 Å². The molecule has 0 amide bonds. The first kappa shape index (κ1) is 24.3. The van der Waals surface area contributed by atoms with E-state index in [4.69, 9.17) is 15.0 Å². The average Bonchev–Trinajstić information content (AvgIpc) is 0.811. The fourth-order valence-corrected chi connectivity index (χ4v) is 0. The maximum Gasteiger partial charge on any atom is 1.00 e. The van der Waals surface area contributed by atoms with Crippen molar-refractivity contribution in [3.8, 4) is 0 Å². The van der Waals surface area contributed by atoms with Crippen LogP contribution in [0.4, 0.5) is 4.79 Å². The van der Waals surface area contributed by atoms with Crippen molar-refractivity contribution in [2.45, 2.75) is 0 Å². The molecule has 0 rings (SSSR count). The van der Waals surface area contributed by atoms with Gasteiger partial charge in [-0.05, 0) is 0 Å². The van der Waals surface area contributed by atoms with Crippen molar-refractivity contribution < 1.29 is 46.0 Å². The van der Waals surface area contributed by atoms with Gasteiger partial charge in [-0.1, -0.05) is 0 Å². The van der Waals surface area contributed by atoms with E-state index >= 15 is 0 Å². The van der Waals surface area contributed by atoms with Gasteiger partial charge >= 0.3 is 35.7 Å². The van der Waals surface area contributed by atoms with Crippen LogP contribution in [-0.4, -0.2) is 33.7 Å². The predicted octanol–water partition coefficient (Wildman–Crippen LogP) is -3.42. The second-order valence-electron chi connectivity index (χ2n) is 0.283. The van der Waals surface area contributed by atoms with Gasteiger partial charge in [0.2, 0.25) is 0 Å². The van der Waals surface area contributed by atoms with Crippen LogP contribution < -0.4 is 29.6 Å². The molecule has 0 aromatic heterocycles. The van der Waals surface area contributed by atoms with Gasteiger partial charge in [0.25, 0.3) is 0 Å². The van der Waals surface area contributed by atoms with Crippen LogP contribution in [0.25, 0.3) is 0 Å². The van der Waals surface area contributed by atoms with Gasteiger partial charge in [0.05, 0.1) is 0 Å². The molecule has 0 aromatic carbocycles. The first-order valence-electron chi connectivity index (χ1n) is 0.651. The topological polar surface area (TPSA) is 57.5 Å². The second kappa shape index (κ2) is 15.7. The summed E-state index contributed by atoms with van der Waals surface area (Å²) in [6.45, 7) is 0. The van der Waals surface area contributed by atoms with Gasteiger partial charge in [0.1, 0.15) is 0 Å². The molecule has 40 valence electrons. The first-order chi connectivity index (χ1) is 1.73. The molecule has 3 nitrogen and oxygen atoms in total. The fourth-order valence-electron chi connectivity index (χ4n) is 0. The number of rotatable bonds is 0. The van der Waals surface area contributed by atoms with Crippen LogP contribution in [0.3, 0.4) is 0 Å². The smallest absolute Gasteiger partial charge is 1.00 e. The van der Waals surface area contributed by atoms with Crippen molar-refractivity contribution >= 4 is 35.9 Å². The molecule has 0 fully saturated rings. The molecule has 0 spiro atoms. The third-order valence-electron chi connectivity index (χ3n) is 0. The normalized spacial score (nSPS) is 3.43.